The Bertz CT molecular complexity index is 659. The maximum Gasteiger partial charge on any atom is 0.340 e. The molecule has 0 aromatic heterocycles. The SMILES string of the molecule is CCOC(=O)c1cc(Nc2ccc(I)cc2)c(F)cc1N. The molecular weight excluding hydrogens is 386 g/mol. The maximum absolute atomic E-state index is 13.9. The first-order chi connectivity index (χ1) is 10.0. The number of nitrogens with one attached hydrogen (secondary N) is 1. The lowest BCUT2D eigenvalue weighted by atomic mass is 10.1. The highest BCUT2D eigenvalue weighted by Crippen LogP contribution is 2.26. The van der Waals surface area contributed by atoms with Gasteiger partial charge in [-0.2, -0.15) is 0 Å². The van der Waals surface area contributed by atoms with Crippen LogP contribution in [0.1, 0.15) is 17.3 Å². The van der Waals surface area contributed by atoms with Crippen molar-refractivity contribution in [1.82, 2.24) is 0 Å². The first-order valence-corrected chi connectivity index (χ1v) is 7.38. The van der Waals surface area contributed by atoms with E-state index in [9.17, 15) is 9.18 Å². The predicted molar refractivity (Wildman–Crippen MR) is 89.2 cm³/mol. The van der Waals surface area contributed by atoms with Crippen LogP contribution >= 0.6 is 22.6 Å². The second kappa shape index (κ2) is 6.75. The van der Waals surface area contributed by atoms with Gasteiger partial charge in [0, 0.05) is 14.9 Å². The summed E-state index contributed by atoms with van der Waals surface area (Å²) in [6, 6.07) is 9.90. The van der Waals surface area contributed by atoms with Crippen molar-refractivity contribution in [3.05, 3.63) is 51.3 Å². The van der Waals surface area contributed by atoms with E-state index in [1.165, 1.54) is 6.07 Å². The monoisotopic (exact) mass is 400 g/mol. The maximum atomic E-state index is 13.9. The summed E-state index contributed by atoms with van der Waals surface area (Å²) in [7, 11) is 0. The van der Waals surface area contributed by atoms with Crippen molar-refractivity contribution in [1.29, 1.82) is 0 Å². The quantitative estimate of drug-likeness (QED) is 0.464. The van der Waals surface area contributed by atoms with E-state index in [-0.39, 0.29) is 23.5 Å². The number of esters is 1. The summed E-state index contributed by atoms with van der Waals surface area (Å²) in [5.74, 6) is -1.10. The second-order valence-electron chi connectivity index (χ2n) is 4.27. The molecule has 2 aromatic carbocycles. The van der Waals surface area contributed by atoms with Crippen LogP contribution in [0.2, 0.25) is 0 Å². The van der Waals surface area contributed by atoms with Crippen molar-refractivity contribution < 1.29 is 13.9 Å². The molecule has 0 aliphatic carbocycles. The Morgan fingerprint density at radius 1 is 1.33 bits per heavy atom. The molecule has 0 amide bonds. The predicted octanol–water partition coefficient (Wildman–Crippen LogP) is 3.93. The molecule has 6 heteroatoms. The fraction of sp³-hybridized carbons (Fsp3) is 0.133. The number of nitrogen functional groups attached to an aromatic ring is 1. The number of carbonyl (C=O) groups is 1. The molecule has 0 aliphatic heterocycles. The van der Waals surface area contributed by atoms with Crippen molar-refractivity contribution in [2.24, 2.45) is 0 Å². The third-order valence-electron chi connectivity index (χ3n) is 2.76. The van der Waals surface area contributed by atoms with Gasteiger partial charge >= 0.3 is 5.97 Å². The summed E-state index contributed by atoms with van der Waals surface area (Å²) in [6.07, 6.45) is 0. The lowest BCUT2D eigenvalue weighted by Crippen LogP contribution is -2.09. The van der Waals surface area contributed by atoms with Gasteiger partial charge in [0.2, 0.25) is 0 Å². The zero-order valence-corrected chi connectivity index (χ0v) is 13.5. The molecule has 0 fully saturated rings. The van der Waals surface area contributed by atoms with E-state index in [0.717, 1.165) is 9.64 Å². The zero-order chi connectivity index (χ0) is 15.4. The highest BCUT2D eigenvalue weighted by atomic mass is 127. The van der Waals surface area contributed by atoms with E-state index in [1.807, 2.05) is 24.3 Å². The number of rotatable bonds is 4. The smallest absolute Gasteiger partial charge is 0.340 e. The van der Waals surface area contributed by atoms with Gasteiger partial charge in [0.1, 0.15) is 5.82 Å². The average Bonchev–Trinajstić information content (AvgIpc) is 2.44. The van der Waals surface area contributed by atoms with Crippen LogP contribution in [-0.2, 0) is 4.74 Å². The molecule has 21 heavy (non-hydrogen) atoms. The lowest BCUT2D eigenvalue weighted by Gasteiger charge is -2.11. The lowest BCUT2D eigenvalue weighted by molar-refractivity contribution is 0.0527. The number of anilines is 3. The van der Waals surface area contributed by atoms with E-state index in [2.05, 4.69) is 27.9 Å². The molecule has 0 spiro atoms. The minimum Gasteiger partial charge on any atom is -0.462 e. The highest BCUT2D eigenvalue weighted by Gasteiger charge is 2.15. The Morgan fingerprint density at radius 2 is 2.00 bits per heavy atom. The first-order valence-electron chi connectivity index (χ1n) is 6.30. The van der Waals surface area contributed by atoms with E-state index in [1.54, 1.807) is 6.92 Å². The molecule has 0 heterocycles. The Kier molecular flexibility index (Phi) is 5.00. The van der Waals surface area contributed by atoms with Crippen LogP contribution in [0.15, 0.2) is 36.4 Å². The highest BCUT2D eigenvalue weighted by molar-refractivity contribution is 14.1. The standard InChI is InChI=1S/C15H14FIN2O2/c1-2-21-15(20)11-7-14(12(16)8-13(11)18)19-10-5-3-9(17)4-6-10/h3-8,19H,2,18H2,1H3. The van der Waals surface area contributed by atoms with Crippen molar-refractivity contribution in [2.45, 2.75) is 6.92 Å². The Hall–Kier alpha value is -1.83. The summed E-state index contributed by atoms with van der Waals surface area (Å²) in [5.41, 5.74) is 6.76. The fourth-order valence-electron chi connectivity index (χ4n) is 1.76. The summed E-state index contributed by atoms with van der Waals surface area (Å²) < 4.78 is 19.9. The Morgan fingerprint density at radius 3 is 2.62 bits per heavy atom. The molecule has 0 saturated carbocycles. The largest absolute Gasteiger partial charge is 0.462 e. The van der Waals surface area contributed by atoms with Gasteiger partial charge in [0.15, 0.2) is 0 Å². The van der Waals surface area contributed by atoms with Gasteiger partial charge in [0.05, 0.1) is 17.9 Å². The number of hydrogen-bond acceptors (Lipinski definition) is 4. The topological polar surface area (TPSA) is 64.3 Å². The second-order valence-corrected chi connectivity index (χ2v) is 5.52. The van der Waals surface area contributed by atoms with Crippen molar-refractivity contribution in [3.63, 3.8) is 0 Å². The minimum atomic E-state index is -0.569. The molecule has 0 atom stereocenters. The Balaban J connectivity index is 2.32. The van der Waals surface area contributed by atoms with E-state index >= 15 is 0 Å². The van der Waals surface area contributed by atoms with Crippen molar-refractivity contribution >= 4 is 45.6 Å². The van der Waals surface area contributed by atoms with Crippen molar-refractivity contribution in [2.75, 3.05) is 17.7 Å². The third kappa shape index (κ3) is 3.84. The molecule has 0 bridgehead atoms. The molecule has 110 valence electrons. The van der Waals surface area contributed by atoms with Gasteiger partial charge in [-0.25, -0.2) is 9.18 Å². The van der Waals surface area contributed by atoms with Crippen LogP contribution in [0.3, 0.4) is 0 Å². The van der Waals surface area contributed by atoms with Gasteiger partial charge < -0.3 is 15.8 Å². The summed E-state index contributed by atoms with van der Waals surface area (Å²) >= 11 is 2.18. The molecular formula is C15H14FIN2O2. The molecule has 0 unspecified atom stereocenters. The molecule has 0 aliphatic rings. The van der Waals surface area contributed by atoms with Crippen LogP contribution in [0, 0.1) is 9.39 Å². The van der Waals surface area contributed by atoms with Crippen LogP contribution < -0.4 is 11.1 Å². The minimum absolute atomic E-state index is 0.0547. The van der Waals surface area contributed by atoms with Gasteiger partial charge in [-0.15, -0.1) is 0 Å². The van der Waals surface area contributed by atoms with Gasteiger partial charge in [0.25, 0.3) is 0 Å². The van der Waals surface area contributed by atoms with Gasteiger partial charge in [-0.05, 0) is 65.9 Å². The molecule has 0 radical (unpaired) electrons. The van der Waals surface area contributed by atoms with E-state index in [4.69, 9.17) is 10.5 Å². The third-order valence-corrected chi connectivity index (χ3v) is 3.48. The van der Waals surface area contributed by atoms with Gasteiger partial charge in [-0.3, -0.25) is 0 Å². The van der Waals surface area contributed by atoms with E-state index < -0.39 is 11.8 Å². The number of benzene rings is 2. The van der Waals surface area contributed by atoms with Crippen LogP contribution in [0.4, 0.5) is 21.5 Å². The molecule has 0 saturated heterocycles. The Labute approximate surface area is 135 Å². The first kappa shape index (κ1) is 15.6. The normalized spacial score (nSPS) is 10.2. The molecule has 3 N–H and O–H groups in total. The van der Waals surface area contributed by atoms with Crippen LogP contribution in [0.5, 0.6) is 0 Å². The fourth-order valence-corrected chi connectivity index (χ4v) is 2.12. The average molecular weight is 400 g/mol. The number of nitrogens with two attached hydrogens (primary N) is 1. The van der Waals surface area contributed by atoms with Crippen LogP contribution in [0.25, 0.3) is 0 Å². The number of ether oxygens (including phenoxy) is 1. The van der Waals surface area contributed by atoms with Crippen molar-refractivity contribution in [3.8, 4) is 0 Å². The molecule has 4 nitrogen and oxygen atoms in total. The molecule has 2 rings (SSSR count). The molecule has 2 aromatic rings. The number of halogens is 2. The number of carbonyl (C=O) groups excluding carboxylic acids is 1. The van der Waals surface area contributed by atoms with Gasteiger partial charge in [-0.1, -0.05) is 0 Å². The van der Waals surface area contributed by atoms with E-state index in [0.29, 0.717) is 5.69 Å². The summed E-state index contributed by atoms with van der Waals surface area (Å²) in [4.78, 5) is 11.8. The summed E-state index contributed by atoms with van der Waals surface area (Å²) in [5, 5.41) is 2.92. The van der Waals surface area contributed by atoms with Crippen LogP contribution in [-0.4, -0.2) is 12.6 Å². The number of hydrogen-bond donors (Lipinski definition) is 2. The summed E-state index contributed by atoms with van der Waals surface area (Å²) in [6.45, 7) is 1.93. The zero-order valence-electron chi connectivity index (χ0n) is 11.3.